The maximum absolute atomic E-state index is 12.0. The fraction of sp³-hybridized carbons (Fsp3) is 0.429. The lowest BCUT2D eigenvalue weighted by Crippen LogP contribution is -2.45. The molecule has 2 heterocycles. The van der Waals surface area contributed by atoms with Gasteiger partial charge in [0.1, 0.15) is 11.6 Å². The lowest BCUT2D eigenvalue weighted by Gasteiger charge is -2.36. The smallest absolute Gasteiger partial charge is 0.315 e. The summed E-state index contributed by atoms with van der Waals surface area (Å²) in [4.78, 5) is 18.8. The Kier molecular flexibility index (Phi) is 6.71. The van der Waals surface area contributed by atoms with Crippen molar-refractivity contribution in [1.82, 2.24) is 15.6 Å². The van der Waals surface area contributed by atoms with Crippen molar-refractivity contribution < 1.29 is 14.3 Å². The van der Waals surface area contributed by atoms with E-state index in [0.717, 1.165) is 35.8 Å². The maximum Gasteiger partial charge on any atom is 0.315 e. The van der Waals surface area contributed by atoms with Crippen LogP contribution in [0, 0.1) is 0 Å². The molecule has 1 aromatic carbocycles. The Morgan fingerprint density at radius 3 is 2.25 bits per heavy atom. The molecule has 28 heavy (non-hydrogen) atoms. The first-order chi connectivity index (χ1) is 13.5. The highest BCUT2D eigenvalue weighted by molar-refractivity contribution is 5.73. The van der Waals surface area contributed by atoms with Gasteiger partial charge >= 0.3 is 6.03 Å². The fourth-order valence-corrected chi connectivity index (χ4v) is 3.24. The highest BCUT2D eigenvalue weighted by Crippen LogP contribution is 2.18. The average Bonchev–Trinajstić information content (AvgIpc) is 2.70. The largest absolute Gasteiger partial charge is 0.497 e. The third-order valence-corrected chi connectivity index (χ3v) is 4.62. The second kappa shape index (κ2) is 9.41. The van der Waals surface area contributed by atoms with Crippen LogP contribution in [-0.2, 0) is 17.8 Å². The molecule has 2 aromatic rings. The molecule has 2 amide bonds. The summed E-state index contributed by atoms with van der Waals surface area (Å²) >= 11 is 0. The number of carbonyl (C=O) groups is 1. The van der Waals surface area contributed by atoms with Crippen molar-refractivity contribution in [3.63, 3.8) is 0 Å². The minimum absolute atomic E-state index is 0.196. The molecule has 1 aliphatic rings. The van der Waals surface area contributed by atoms with E-state index in [9.17, 15) is 4.79 Å². The molecule has 1 aliphatic heterocycles. The highest BCUT2D eigenvalue weighted by Gasteiger charge is 2.22. The van der Waals surface area contributed by atoms with Crippen LogP contribution in [0.2, 0.25) is 0 Å². The molecule has 2 atom stereocenters. The van der Waals surface area contributed by atoms with E-state index in [0.29, 0.717) is 13.1 Å². The molecule has 1 fully saturated rings. The van der Waals surface area contributed by atoms with Crippen LogP contribution in [0.15, 0.2) is 42.6 Å². The number of anilines is 1. The van der Waals surface area contributed by atoms with Crippen LogP contribution in [0.3, 0.4) is 0 Å². The maximum atomic E-state index is 12.0. The molecule has 150 valence electrons. The molecule has 0 aliphatic carbocycles. The molecule has 0 bridgehead atoms. The summed E-state index contributed by atoms with van der Waals surface area (Å²) in [5.74, 6) is 1.74. The summed E-state index contributed by atoms with van der Waals surface area (Å²) in [7, 11) is 1.63. The summed E-state index contributed by atoms with van der Waals surface area (Å²) in [6.45, 7) is 6.71. The van der Waals surface area contributed by atoms with Gasteiger partial charge in [-0.1, -0.05) is 18.2 Å². The van der Waals surface area contributed by atoms with Gasteiger partial charge in [0, 0.05) is 32.4 Å². The number of carbonyl (C=O) groups excluding carboxylic acids is 1. The average molecular weight is 384 g/mol. The Labute approximate surface area is 166 Å². The number of nitrogens with zero attached hydrogens (tertiary/aromatic N) is 2. The van der Waals surface area contributed by atoms with E-state index in [-0.39, 0.29) is 18.2 Å². The van der Waals surface area contributed by atoms with E-state index < -0.39 is 0 Å². The Morgan fingerprint density at radius 1 is 1.07 bits per heavy atom. The summed E-state index contributed by atoms with van der Waals surface area (Å²) in [6.07, 6.45) is 2.20. The third kappa shape index (κ3) is 5.60. The monoisotopic (exact) mass is 384 g/mol. The Bertz CT molecular complexity index is 754. The number of rotatable bonds is 6. The molecule has 0 spiro atoms. The van der Waals surface area contributed by atoms with Crippen LogP contribution in [0.25, 0.3) is 0 Å². The number of nitrogens with one attached hydrogen (secondary N) is 2. The van der Waals surface area contributed by atoms with Crippen LogP contribution in [0.1, 0.15) is 25.0 Å². The van der Waals surface area contributed by atoms with Gasteiger partial charge in [-0.15, -0.1) is 0 Å². The summed E-state index contributed by atoms with van der Waals surface area (Å²) in [5.41, 5.74) is 1.97. The van der Waals surface area contributed by atoms with Gasteiger partial charge in [-0.2, -0.15) is 0 Å². The molecular formula is C21H28N4O3. The number of hydrogen-bond donors (Lipinski definition) is 2. The molecule has 2 unspecified atom stereocenters. The van der Waals surface area contributed by atoms with Crippen molar-refractivity contribution in [2.24, 2.45) is 0 Å². The van der Waals surface area contributed by atoms with E-state index in [2.05, 4.69) is 34.4 Å². The van der Waals surface area contributed by atoms with Crippen molar-refractivity contribution in [1.29, 1.82) is 0 Å². The van der Waals surface area contributed by atoms with Crippen molar-refractivity contribution in [3.8, 4) is 5.75 Å². The van der Waals surface area contributed by atoms with Gasteiger partial charge in [0.15, 0.2) is 0 Å². The number of methoxy groups -OCH3 is 1. The van der Waals surface area contributed by atoms with E-state index in [4.69, 9.17) is 9.47 Å². The zero-order chi connectivity index (χ0) is 19.9. The lowest BCUT2D eigenvalue weighted by molar-refractivity contribution is -0.00546. The number of benzene rings is 1. The van der Waals surface area contributed by atoms with Crippen LogP contribution in [-0.4, -0.2) is 43.4 Å². The number of pyridine rings is 1. The van der Waals surface area contributed by atoms with E-state index in [1.165, 1.54) is 0 Å². The lowest BCUT2D eigenvalue weighted by atomic mass is 10.2. The number of amides is 2. The summed E-state index contributed by atoms with van der Waals surface area (Å²) in [5, 5.41) is 5.70. The molecule has 7 heteroatoms. The van der Waals surface area contributed by atoms with Gasteiger partial charge in [-0.05, 0) is 43.2 Å². The predicted molar refractivity (Wildman–Crippen MR) is 109 cm³/mol. The minimum atomic E-state index is -0.212. The first-order valence-corrected chi connectivity index (χ1v) is 9.53. The van der Waals surface area contributed by atoms with Crippen LogP contribution in [0.5, 0.6) is 5.75 Å². The number of morpholine rings is 1. The quantitative estimate of drug-likeness (QED) is 0.801. The first kappa shape index (κ1) is 19.9. The SMILES string of the molecule is COc1ccc(CNC(=O)NCc2ccc(N3CC(C)OC(C)C3)nc2)cc1. The standard InChI is InChI=1S/C21H28N4O3/c1-15-13-25(14-16(2)28-15)20-9-6-18(11-22-20)12-24-21(26)23-10-17-4-7-19(27-3)8-5-17/h4-9,11,15-16H,10,12-14H2,1-3H3,(H2,23,24,26). The number of hydrogen-bond acceptors (Lipinski definition) is 5. The number of urea groups is 1. The second-order valence-corrected chi connectivity index (χ2v) is 7.07. The fourth-order valence-electron chi connectivity index (χ4n) is 3.24. The van der Waals surface area contributed by atoms with Crippen molar-refractivity contribution in [3.05, 3.63) is 53.7 Å². The van der Waals surface area contributed by atoms with Crippen LogP contribution >= 0.6 is 0 Å². The van der Waals surface area contributed by atoms with Gasteiger partial charge in [-0.25, -0.2) is 9.78 Å². The molecule has 0 saturated carbocycles. The number of aromatic nitrogens is 1. The molecule has 1 aromatic heterocycles. The Balaban J connectivity index is 1.44. The Morgan fingerprint density at radius 2 is 1.68 bits per heavy atom. The van der Waals surface area contributed by atoms with Gasteiger partial charge < -0.3 is 25.0 Å². The summed E-state index contributed by atoms with van der Waals surface area (Å²) < 4.78 is 10.9. The molecule has 1 saturated heterocycles. The molecule has 2 N–H and O–H groups in total. The molecule has 7 nitrogen and oxygen atoms in total. The van der Waals surface area contributed by atoms with Crippen molar-refractivity contribution in [2.75, 3.05) is 25.1 Å². The molecular weight excluding hydrogens is 356 g/mol. The topological polar surface area (TPSA) is 75.7 Å². The first-order valence-electron chi connectivity index (χ1n) is 9.53. The van der Waals surface area contributed by atoms with Crippen LogP contribution in [0.4, 0.5) is 10.6 Å². The summed E-state index contributed by atoms with van der Waals surface area (Å²) in [6, 6.07) is 11.4. The van der Waals surface area contributed by atoms with E-state index >= 15 is 0 Å². The van der Waals surface area contributed by atoms with Gasteiger partial charge in [0.25, 0.3) is 0 Å². The van der Waals surface area contributed by atoms with Gasteiger partial charge in [0.2, 0.25) is 0 Å². The third-order valence-electron chi connectivity index (χ3n) is 4.62. The van der Waals surface area contributed by atoms with Gasteiger partial charge in [0.05, 0.1) is 19.3 Å². The van der Waals surface area contributed by atoms with Crippen molar-refractivity contribution in [2.45, 2.75) is 39.1 Å². The zero-order valence-corrected chi connectivity index (χ0v) is 16.6. The van der Waals surface area contributed by atoms with Crippen LogP contribution < -0.4 is 20.3 Å². The minimum Gasteiger partial charge on any atom is -0.497 e. The van der Waals surface area contributed by atoms with Crippen molar-refractivity contribution >= 4 is 11.8 Å². The molecule has 3 rings (SSSR count). The molecule has 0 radical (unpaired) electrons. The highest BCUT2D eigenvalue weighted by atomic mass is 16.5. The number of ether oxygens (including phenoxy) is 2. The van der Waals surface area contributed by atoms with E-state index in [1.807, 2.05) is 42.6 Å². The zero-order valence-electron chi connectivity index (χ0n) is 16.6. The normalized spacial score (nSPS) is 19.2. The van der Waals surface area contributed by atoms with E-state index in [1.54, 1.807) is 7.11 Å². The van der Waals surface area contributed by atoms with Gasteiger partial charge in [-0.3, -0.25) is 0 Å². The second-order valence-electron chi connectivity index (χ2n) is 7.07. The predicted octanol–water partition coefficient (Wildman–Crippen LogP) is 2.70. The Hall–Kier alpha value is -2.80.